The van der Waals surface area contributed by atoms with Crippen molar-refractivity contribution in [1.82, 2.24) is 14.6 Å². The Kier molecular flexibility index (Phi) is 3.64. The van der Waals surface area contributed by atoms with Gasteiger partial charge in [0.25, 0.3) is 11.1 Å². The molecule has 1 aromatic carbocycles. The first-order chi connectivity index (χ1) is 10.8. The van der Waals surface area contributed by atoms with Gasteiger partial charge in [-0.05, 0) is 29.5 Å². The monoisotopic (exact) mass is 327 g/mol. The number of nitrogens with zero attached hydrogens (tertiary/aromatic N) is 3. The molecule has 2 heterocycles. The lowest BCUT2D eigenvalue weighted by Gasteiger charge is -2.18. The van der Waals surface area contributed by atoms with Crippen LogP contribution < -0.4 is 15.7 Å². The molecule has 0 spiro atoms. The molecule has 0 radical (unpaired) electrons. The van der Waals surface area contributed by atoms with E-state index in [0.29, 0.717) is 9.49 Å². The van der Waals surface area contributed by atoms with Crippen LogP contribution in [-0.4, -0.2) is 14.6 Å². The van der Waals surface area contributed by atoms with Crippen molar-refractivity contribution in [3.8, 4) is 0 Å². The van der Waals surface area contributed by atoms with E-state index >= 15 is 0 Å². The van der Waals surface area contributed by atoms with Crippen molar-refractivity contribution in [1.29, 1.82) is 0 Å². The summed E-state index contributed by atoms with van der Waals surface area (Å²) in [7, 11) is 0. The number of benzene rings is 1. The van der Waals surface area contributed by atoms with Gasteiger partial charge in [-0.3, -0.25) is 9.59 Å². The van der Waals surface area contributed by atoms with Crippen LogP contribution in [-0.2, 0) is 5.41 Å². The second-order valence-electron chi connectivity index (χ2n) is 6.48. The molecule has 0 N–H and O–H groups in total. The first kappa shape index (κ1) is 15.6. The van der Waals surface area contributed by atoms with Gasteiger partial charge in [-0.1, -0.05) is 56.4 Å². The smallest absolute Gasteiger partial charge is 0.266 e. The van der Waals surface area contributed by atoms with Gasteiger partial charge in [0.2, 0.25) is 4.96 Å². The molecule has 0 saturated heterocycles. The minimum atomic E-state index is -0.396. The van der Waals surface area contributed by atoms with Gasteiger partial charge in [-0.2, -0.15) is 14.6 Å². The summed E-state index contributed by atoms with van der Waals surface area (Å²) in [4.78, 5) is 28.1. The lowest BCUT2D eigenvalue weighted by atomic mass is 9.87. The van der Waals surface area contributed by atoms with Crippen LogP contribution in [0.1, 0.15) is 37.6 Å². The van der Waals surface area contributed by atoms with Crippen molar-refractivity contribution in [2.24, 2.45) is 0 Å². The predicted molar refractivity (Wildman–Crippen MR) is 92.1 cm³/mol. The molecule has 6 heteroatoms. The topological polar surface area (TPSA) is 64.3 Å². The summed E-state index contributed by atoms with van der Waals surface area (Å²) in [6.45, 7) is 8.02. The molecular formula is C17H17N3O2S. The van der Waals surface area contributed by atoms with E-state index in [-0.39, 0.29) is 16.7 Å². The van der Waals surface area contributed by atoms with Gasteiger partial charge in [0.05, 0.1) is 4.53 Å². The highest BCUT2D eigenvalue weighted by molar-refractivity contribution is 7.15. The average Bonchev–Trinajstić information content (AvgIpc) is 2.76. The van der Waals surface area contributed by atoms with Gasteiger partial charge in [0, 0.05) is 0 Å². The molecule has 0 atom stereocenters. The quantitative estimate of drug-likeness (QED) is 0.682. The summed E-state index contributed by atoms with van der Waals surface area (Å²) in [6, 6.07) is 8.10. The van der Waals surface area contributed by atoms with Crippen LogP contribution in [0.5, 0.6) is 0 Å². The van der Waals surface area contributed by atoms with Gasteiger partial charge >= 0.3 is 0 Å². The molecule has 0 fully saturated rings. The van der Waals surface area contributed by atoms with Crippen LogP contribution in [0.4, 0.5) is 0 Å². The fourth-order valence-electron chi connectivity index (χ4n) is 2.22. The third kappa shape index (κ3) is 2.94. The number of rotatable bonds is 1. The van der Waals surface area contributed by atoms with Crippen LogP contribution in [0, 0.1) is 6.92 Å². The minimum Gasteiger partial charge on any atom is -0.266 e. The molecular weight excluding hydrogens is 310 g/mol. The van der Waals surface area contributed by atoms with Gasteiger partial charge in [0.15, 0.2) is 0 Å². The second kappa shape index (κ2) is 5.38. The molecule has 3 aromatic rings. The lowest BCUT2D eigenvalue weighted by molar-refractivity contribution is 0.590. The Hall–Kier alpha value is -2.34. The maximum atomic E-state index is 12.4. The SMILES string of the molecule is Cc1nn2c(=O)c(=Cc3ccc(C(C)(C)C)cc3)sc2nc1=O. The van der Waals surface area contributed by atoms with Crippen molar-refractivity contribution in [3.63, 3.8) is 0 Å². The number of aryl methyl sites for hydroxylation is 1. The normalized spacial score (nSPS) is 13.0. The fraction of sp³-hybridized carbons (Fsp3) is 0.294. The summed E-state index contributed by atoms with van der Waals surface area (Å²) in [5.74, 6) is 0. The molecule has 0 aliphatic rings. The highest BCUT2D eigenvalue weighted by atomic mass is 32.1. The Morgan fingerprint density at radius 3 is 2.39 bits per heavy atom. The highest BCUT2D eigenvalue weighted by Gasteiger charge is 2.13. The molecule has 5 nitrogen and oxygen atoms in total. The standard InChI is InChI=1S/C17H17N3O2S/c1-10-14(21)18-16-20(19-10)15(22)13(23-16)9-11-5-7-12(8-6-11)17(2,3)4/h5-9H,1-4H3. The van der Waals surface area contributed by atoms with Gasteiger partial charge in [-0.15, -0.1) is 0 Å². The first-order valence-electron chi connectivity index (χ1n) is 7.28. The minimum absolute atomic E-state index is 0.0889. The summed E-state index contributed by atoms with van der Waals surface area (Å²) in [5, 5.41) is 4.00. The van der Waals surface area contributed by atoms with Gasteiger partial charge < -0.3 is 0 Å². The zero-order valence-electron chi connectivity index (χ0n) is 13.5. The number of aromatic nitrogens is 3. The molecule has 0 saturated carbocycles. The number of hydrogen-bond donors (Lipinski definition) is 0. The fourth-order valence-corrected chi connectivity index (χ4v) is 3.12. The van der Waals surface area contributed by atoms with Crippen molar-refractivity contribution in [3.05, 3.63) is 66.3 Å². The number of thiazole rings is 1. The molecule has 0 bridgehead atoms. The van der Waals surface area contributed by atoms with E-state index in [9.17, 15) is 9.59 Å². The predicted octanol–water partition coefficient (Wildman–Crippen LogP) is 1.66. The molecule has 2 aromatic heterocycles. The molecule has 0 aliphatic heterocycles. The third-order valence-electron chi connectivity index (χ3n) is 3.62. The van der Waals surface area contributed by atoms with E-state index in [1.165, 1.54) is 21.4 Å². The van der Waals surface area contributed by atoms with E-state index in [2.05, 4.69) is 43.0 Å². The number of fused-ring (bicyclic) bond motifs is 1. The van der Waals surface area contributed by atoms with Crippen LogP contribution in [0.3, 0.4) is 0 Å². The largest absolute Gasteiger partial charge is 0.295 e. The Bertz CT molecular complexity index is 1040. The number of hydrogen-bond acceptors (Lipinski definition) is 5. The third-order valence-corrected chi connectivity index (χ3v) is 4.58. The molecule has 0 aliphatic carbocycles. The summed E-state index contributed by atoms with van der Waals surface area (Å²) in [6.07, 6.45) is 1.80. The van der Waals surface area contributed by atoms with Crippen molar-refractivity contribution < 1.29 is 0 Å². The average molecular weight is 327 g/mol. The Balaban J connectivity index is 2.13. The zero-order valence-corrected chi connectivity index (χ0v) is 14.3. The van der Waals surface area contributed by atoms with Gasteiger partial charge in [-0.25, -0.2) is 0 Å². The molecule has 0 amide bonds. The van der Waals surface area contributed by atoms with Crippen LogP contribution in [0.15, 0.2) is 33.9 Å². The first-order valence-corrected chi connectivity index (χ1v) is 8.10. The molecule has 0 unspecified atom stereocenters. The Labute approximate surface area is 136 Å². The van der Waals surface area contributed by atoms with E-state index in [0.717, 1.165) is 5.56 Å². The van der Waals surface area contributed by atoms with Gasteiger partial charge in [0.1, 0.15) is 5.69 Å². The van der Waals surface area contributed by atoms with E-state index in [4.69, 9.17) is 0 Å². The second-order valence-corrected chi connectivity index (χ2v) is 7.49. The summed E-state index contributed by atoms with van der Waals surface area (Å²) >= 11 is 1.17. The maximum absolute atomic E-state index is 12.4. The highest BCUT2D eigenvalue weighted by Crippen LogP contribution is 2.22. The summed E-state index contributed by atoms with van der Waals surface area (Å²) < 4.78 is 1.70. The molecule has 118 valence electrons. The Morgan fingerprint density at radius 1 is 1.13 bits per heavy atom. The van der Waals surface area contributed by atoms with Crippen LogP contribution >= 0.6 is 11.3 Å². The van der Waals surface area contributed by atoms with Crippen molar-refractivity contribution in [2.45, 2.75) is 33.1 Å². The van der Waals surface area contributed by atoms with E-state index in [1.54, 1.807) is 13.0 Å². The zero-order chi connectivity index (χ0) is 16.8. The van der Waals surface area contributed by atoms with Crippen LogP contribution in [0.2, 0.25) is 0 Å². The van der Waals surface area contributed by atoms with E-state index < -0.39 is 5.56 Å². The Morgan fingerprint density at radius 2 is 1.78 bits per heavy atom. The summed E-state index contributed by atoms with van der Waals surface area (Å²) in [5.41, 5.74) is 1.83. The molecule has 3 rings (SSSR count). The van der Waals surface area contributed by atoms with Crippen molar-refractivity contribution in [2.75, 3.05) is 0 Å². The lowest BCUT2D eigenvalue weighted by Crippen LogP contribution is -2.27. The van der Waals surface area contributed by atoms with Crippen molar-refractivity contribution >= 4 is 22.4 Å². The molecule has 23 heavy (non-hydrogen) atoms. The van der Waals surface area contributed by atoms with E-state index in [1.807, 2.05) is 12.1 Å². The maximum Gasteiger partial charge on any atom is 0.295 e. The van der Waals surface area contributed by atoms with Crippen LogP contribution in [0.25, 0.3) is 11.0 Å².